The van der Waals surface area contributed by atoms with E-state index in [-0.39, 0.29) is 17.7 Å². The maximum absolute atomic E-state index is 12.4. The lowest BCUT2D eigenvalue weighted by atomic mass is 9.95. The summed E-state index contributed by atoms with van der Waals surface area (Å²) >= 11 is 0. The average Bonchev–Trinajstić information content (AvgIpc) is 2.41. The van der Waals surface area contributed by atoms with Gasteiger partial charge in [0.15, 0.2) is 0 Å². The first-order valence-electron chi connectivity index (χ1n) is 6.43. The zero-order valence-corrected chi connectivity index (χ0v) is 11.1. The number of hydrogen-bond donors (Lipinski definition) is 2. The van der Waals surface area contributed by atoms with Crippen molar-refractivity contribution in [2.24, 2.45) is 11.7 Å². The SMILES string of the molecule is Cc1ccc(N)c(C(=O)N2CCC(C(N)=O)CC2)c1. The second-order valence-corrected chi connectivity index (χ2v) is 5.06. The predicted molar refractivity (Wildman–Crippen MR) is 73.4 cm³/mol. The van der Waals surface area contributed by atoms with Crippen molar-refractivity contribution < 1.29 is 9.59 Å². The van der Waals surface area contributed by atoms with E-state index < -0.39 is 0 Å². The van der Waals surface area contributed by atoms with Crippen molar-refractivity contribution in [2.45, 2.75) is 19.8 Å². The summed E-state index contributed by atoms with van der Waals surface area (Å²) in [6.07, 6.45) is 1.26. The minimum absolute atomic E-state index is 0.0656. The molecule has 0 aromatic heterocycles. The molecule has 5 heteroatoms. The zero-order chi connectivity index (χ0) is 14.0. The molecule has 0 radical (unpaired) electrons. The number of nitrogen functional groups attached to an aromatic ring is 1. The summed E-state index contributed by atoms with van der Waals surface area (Å²) in [4.78, 5) is 25.2. The Kier molecular flexibility index (Phi) is 3.74. The number of piperidine rings is 1. The van der Waals surface area contributed by atoms with Crippen molar-refractivity contribution >= 4 is 17.5 Å². The molecule has 1 aromatic carbocycles. The highest BCUT2D eigenvalue weighted by Gasteiger charge is 2.27. The van der Waals surface area contributed by atoms with Crippen LogP contribution in [0, 0.1) is 12.8 Å². The molecule has 1 aliphatic rings. The Morgan fingerprint density at radius 1 is 1.26 bits per heavy atom. The van der Waals surface area contributed by atoms with E-state index >= 15 is 0 Å². The van der Waals surface area contributed by atoms with E-state index in [0.29, 0.717) is 37.2 Å². The topological polar surface area (TPSA) is 89.4 Å². The van der Waals surface area contributed by atoms with Gasteiger partial charge >= 0.3 is 0 Å². The molecular formula is C14H19N3O2. The van der Waals surface area contributed by atoms with Gasteiger partial charge in [-0.15, -0.1) is 0 Å². The molecule has 0 saturated carbocycles. The van der Waals surface area contributed by atoms with Crippen LogP contribution >= 0.6 is 0 Å². The number of primary amides is 1. The number of nitrogens with two attached hydrogens (primary N) is 2. The molecule has 0 spiro atoms. The number of carbonyl (C=O) groups is 2. The molecular weight excluding hydrogens is 242 g/mol. The standard InChI is InChI=1S/C14H19N3O2/c1-9-2-3-12(15)11(8-9)14(19)17-6-4-10(5-7-17)13(16)18/h2-3,8,10H,4-7,15H2,1H3,(H2,16,18). The molecule has 0 unspecified atom stereocenters. The summed E-state index contributed by atoms with van der Waals surface area (Å²) in [6.45, 7) is 3.04. The molecule has 102 valence electrons. The Labute approximate surface area is 112 Å². The fourth-order valence-electron chi connectivity index (χ4n) is 2.39. The van der Waals surface area contributed by atoms with Gasteiger partial charge < -0.3 is 16.4 Å². The van der Waals surface area contributed by atoms with Crippen molar-refractivity contribution in [1.29, 1.82) is 0 Å². The quantitative estimate of drug-likeness (QED) is 0.775. The van der Waals surface area contributed by atoms with Crippen LogP contribution in [0.2, 0.25) is 0 Å². The molecule has 4 N–H and O–H groups in total. The van der Waals surface area contributed by atoms with Crippen LogP contribution in [0.25, 0.3) is 0 Å². The Hall–Kier alpha value is -2.04. The third-order valence-corrected chi connectivity index (χ3v) is 3.62. The summed E-state index contributed by atoms with van der Waals surface area (Å²) in [6, 6.07) is 5.43. The van der Waals surface area contributed by atoms with Crippen molar-refractivity contribution in [2.75, 3.05) is 18.8 Å². The highest BCUT2D eigenvalue weighted by Crippen LogP contribution is 2.21. The van der Waals surface area contributed by atoms with E-state index in [1.165, 1.54) is 0 Å². The van der Waals surface area contributed by atoms with Gasteiger partial charge in [-0.25, -0.2) is 0 Å². The molecule has 19 heavy (non-hydrogen) atoms. The first kappa shape index (κ1) is 13.4. The van der Waals surface area contributed by atoms with Gasteiger partial charge in [-0.2, -0.15) is 0 Å². The molecule has 2 rings (SSSR count). The molecule has 1 aliphatic heterocycles. The van der Waals surface area contributed by atoms with Gasteiger partial charge in [-0.3, -0.25) is 9.59 Å². The summed E-state index contributed by atoms with van der Waals surface area (Å²) in [5.41, 5.74) is 13.2. The van der Waals surface area contributed by atoms with Crippen LogP contribution < -0.4 is 11.5 Å². The van der Waals surface area contributed by atoms with Crippen LogP contribution in [0.3, 0.4) is 0 Å². The Balaban J connectivity index is 2.09. The minimum Gasteiger partial charge on any atom is -0.398 e. The molecule has 1 fully saturated rings. The number of benzene rings is 1. The van der Waals surface area contributed by atoms with Gasteiger partial charge in [0.05, 0.1) is 5.56 Å². The molecule has 0 aliphatic carbocycles. The van der Waals surface area contributed by atoms with Crippen LogP contribution in [0.1, 0.15) is 28.8 Å². The van der Waals surface area contributed by atoms with Crippen molar-refractivity contribution in [1.82, 2.24) is 4.90 Å². The maximum atomic E-state index is 12.4. The van der Waals surface area contributed by atoms with Crippen LogP contribution in [0.15, 0.2) is 18.2 Å². The lowest BCUT2D eigenvalue weighted by Crippen LogP contribution is -2.41. The molecule has 5 nitrogen and oxygen atoms in total. The third-order valence-electron chi connectivity index (χ3n) is 3.62. The molecule has 1 aromatic rings. The number of carbonyl (C=O) groups excluding carboxylic acids is 2. The second-order valence-electron chi connectivity index (χ2n) is 5.06. The van der Waals surface area contributed by atoms with Crippen LogP contribution in [-0.2, 0) is 4.79 Å². The monoisotopic (exact) mass is 261 g/mol. The van der Waals surface area contributed by atoms with Crippen molar-refractivity contribution in [3.63, 3.8) is 0 Å². The maximum Gasteiger partial charge on any atom is 0.255 e. The summed E-state index contributed by atoms with van der Waals surface area (Å²) in [7, 11) is 0. The molecule has 1 saturated heterocycles. The van der Waals surface area contributed by atoms with E-state index in [1.54, 1.807) is 17.0 Å². The Morgan fingerprint density at radius 2 is 1.89 bits per heavy atom. The van der Waals surface area contributed by atoms with Crippen molar-refractivity contribution in [3.05, 3.63) is 29.3 Å². The average molecular weight is 261 g/mol. The summed E-state index contributed by atoms with van der Waals surface area (Å²) < 4.78 is 0. The number of anilines is 1. The number of likely N-dealkylation sites (tertiary alicyclic amines) is 1. The summed E-state index contributed by atoms with van der Waals surface area (Å²) in [5, 5.41) is 0. The second kappa shape index (κ2) is 5.30. The van der Waals surface area contributed by atoms with E-state index in [2.05, 4.69) is 0 Å². The van der Waals surface area contributed by atoms with Gasteiger partial charge in [0.2, 0.25) is 5.91 Å². The van der Waals surface area contributed by atoms with Gasteiger partial charge in [0.25, 0.3) is 5.91 Å². The van der Waals surface area contributed by atoms with Crippen LogP contribution in [0.4, 0.5) is 5.69 Å². The lowest BCUT2D eigenvalue weighted by Gasteiger charge is -2.31. The molecule has 0 bridgehead atoms. The van der Waals surface area contributed by atoms with E-state index in [9.17, 15) is 9.59 Å². The molecule has 0 atom stereocenters. The number of amides is 2. The van der Waals surface area contributed by atoms with Crippen LogP contribution in [0.5, 0.6) is 0 Å². The summed E-state index contributed by atoms with van der Waals surface area (Å²) in [5.74, 6) is -0.454. The molecule has 2 amide bonds. The normalized spacial score (nSPS) is 16.4. The van der Waals surface area contributed by atoms with E-state index in [0.717, 1.165) is 5.56 Å². The first-order valence-corrected chi connectivity index (χ1v) is 6.43. The molecule has 1 heterocycles. The Morgan fingerprint density at radius 3 is 2.47 bits per heavy atom. The number of hydrogen-bond acceptors (Lipinski definition) is 3. The van der Waals surface area contributed by atoms with E-state index in [4.69, 9.17) is 11.5 Å². The highest BCUT2D eigenvalue weighted by atomic mass is 16.2. The fraction of sp³-hybridized carbons (Fsp3) is 0.429. The zero-order valence-electron chi connectivity index (χ0n) is 11.1. The first-order chi connectivity index (χ1) is 8.99. The minimum atomic E-state index is -0.276. The van der Waals surface area contributed by atoms with E-state index in [1.807, 2.05) is 13.0 Å². The van der Waals surface area contributed by atoms with Gasteiger partial charge in [-0.05, 0) is 31.9 Å². The highest BCUT2D eigenvalue weighted by molar-refractivity contribution is 5.99. The number of rotatable bonds is 2. The Bertz CT molecular complexity index is 505. The van der Waals surface area contributed by atoms with Crippen LogP contribution in [-0.4, -0.2) is 29.8 Å². The van der Waals surface area contributed by atoms with Gasteiger partial charge in [0, 0.05) is 24.7 Å². The smallest absolute Gasteiger partial charge is 0.255 e. The predicted octanol–water partition coefficient (Wildman–Crippen LogP) is 0.915. The third kappa shape index (κ3) is 2.86. The number of nitrogens with zero attached hydrogens (tertiary/aromatic N) is 1. The number of aryl methyl sites for hydroxylation is 1. The largest absolute Gasteiger partial charge is 0.398 e. The lowest BCUT2D eigenvalue weighted by molar-refractivity contribution is -0.123. The van der Waals surface area contributed by atoms with Crippen molar-refractivity contribution in [3.8, 4) is 0 Å². The fourth-order valence-corrected chi connectivity index (χ4v) is 2.39. The van der Waals surface area contributed by atoms with Gasteiger partial charge in [-0.1, -0.05) is 11.6 Å². The van der Waals surface area contributed by atoms with Gasteiger partial charge in [0.1, 0.15) is 0 Å².